The molecular weight excluding hydrogens is 524 g/mol. The van der Waals surface area contributed by atoms with Crippen LogP contribution in [0.3, 0.4) is 0 Å². The van der Waals surface area contributed by atoms with Gasteiger partial charge in [-0.25, -0.2) is 4.79 Å². The van der Waals surface area contributed by atoms with Gasteiger partial charge in [-0.2, -0.15) is 0 Å². The number of aryl methyl sites for hydroxylation is 1. The van der Waals surface area contributed by atoms with Gasteiger partial charge in [0.05, 0.1) is 11.6 Å². The molecule has 2 saturated heterocycles. The molecular formula is C30H32N6O5. The molecule has 41 heavy (non-hydrogen) atoms. The van der Waals surface area contributed by atoms with Crippen LogP contribution in [0.1, 0.15) is 25.3 Å². The number of amides is 4. The lowest BCUT2D eigenvalue weighted by molar-refractivity contribution is -0.384. The Morgan fingerprint density at radius 1 is 0.902 bits per heavy atom. The van der Waals surface area contributed by atoms with Crippen molar-refractivity contribution in [3.8, 4) is 0 Å². The quantitative estimate of drug-likeness (QED) is 0.327. The molecule has 2 heterocycles. The third kappa shape index (κ3) is 5.84. The van der Waals surface area contributed by atoms with Crippen molar-refractivity contribution in [3.63, 3.8) is 0 Å². The predicted molar refractivity (Wildman–Crippen MR) is 156 cm³/mol. The Balaban J connectivity index is 1.27. The largest absolute Gasteiger partial charge is 0.339 e. The molecule has 0 aromatic heterocycles. The molecule has 2 aliphatic rings. The number of nitro benzene ring substituents is 1. The number of rotatable bonds is 7. The molecule has 4 amide bonds. The van der Waals surface area contributed by atoms with Gasteiger partial charge in [0.2, 0.25) is 5.91 Å². The smallest absolute Gasteiger partial charge is 0.321 e. The van der Waals surface area contributed by atoms with Crippen molar-refractivity contribution in [1.82, 2.24) is 9.80 Å². The second kappa shape index (κ2) is 11.7. The molecule has 5 rings (SSSR count). The number of nitrogens with zero attached hydrogens (tertiary/aromatic N) is 4. The molecule has 0 atom stereocenters. The monoisotopic (exact) mass is 556 g/mol. The highest BCUT2D eigenvalue weighted by atomic mass is 16.6. The lowest BCUT2D eigenvalue weighted by Crippen LogP contribution is -2.58. The topological polar surface area (TPSA) is 128 Å². The highest BCUT2D eigenvalue weighted by Gasteiger charge is 2.54. The minimum absolute atomic E-state index is 0.0590. The summed E-state index contributed by atoms with van der Waals surface area (Å²) < 4.78 is 0. The zero-order chi connectivity index (χ0) is 29.0. The standard InChI is InChI=1S/C30H32N6O5/c1-2-22-8-10-23(11-9-22)31-27(37)20-34-21-35(25-6-4-3-5-7-25)30(28(34)38)16-18-33(19-17-30)29(39)32-24-12-14-26(15-13-24)36(40)41/h3-15H,2,16-21H2,1H3,(H,31,37)(H,32,39). The number of para-hydroxylation sites is 1. The third-order valence-corrected chi connectivity index (χ3v) is 7.77. The van der Waals surface area contributed by atoms with Crippen LogP contribution in [-0.2, 0) is 16.0 Å². The van der Waals surface area contributed by atoms with E-state index in [9.17, 15) is 24.5 Å². The summed E-state index contributed by atoms with van der Waals surface area (Å²) in [4.78, 5) is 55.5. The molecule has 0 saturated carbocycles. The van der Waals surface area contributed by atoms with E-state index in [0.29, 0.717) is 37.3 Å². The maximum absolute atomic E-state index is 13.9. The van der Waals surface area contributed by atoms with Gasteiger partial charge >= 0.3 is 6.03 Å². The molecule has 212 valence electrons. The van der Waals surface area contributed by atoms with Crippen LogP contribution in [0.15, 0.2) is 78.9 Å². The Bertz CT molecular complexity index is 1420. The number of urea groups is 1. The van der Waals surface area contributed by atoms with Gasteiger partial charge in [0.15, 0.2) is 0 Å². The molecule has 0 radical (unpaired) electrons. The minimum Gasteiger partial charge on any atom is -0.339 e. The van der Waals surface area contributed by atoms with Crippen molar-refractivity contribution >= 4 is 40.6 Å². The number of anilines is 3. The molecule has 0 bridgehead atoms. The molecule has 2 N–H and O–H groups in total. The van der Waals surface area contributed by atoms with Gasteiger partial charge in [-0.05, 0) is 61.2 Å². The van der Waals surface area contributed by atoms with Gasteiger partial charge in [-0.15, -0.1) is 0 Å². The lowest BCUT2D eigenvalue weighted by atomic mass is 9.85. The van der Waals surface area contributed by atoms with Crippen LogP contribution in [-0.4, -0.2) is 64.4 Å². The summed E-state index contributed by atoms with van der Waals surface area (Å²) in [5, 5.41) is 16.6. The SMILES string of the molecule is CCc1ccc(NC(=O)CN2CN(c3ccccc3)C3(CCN(C(=O)Nc4ccc([N+](=O)[O-])cc4)CC3)C2=O)cc1. The van der Waals surface area contributed by atoms with E-state index in [1.165, 1.54) is 29.8 Å². The maximum atomic E-state index is 13.9. The third-order valence-electron chi connectivity index (χ3n) is 7.77. The zero-order valence-corrected chi connectivity index (χ0v) is 22.8. The molecule has 2 aliphatic heterocycles. The van der Waals surface area contributed by atoms with E-state index in [1.54, 1.807) is 9.80 Å². The van der Waals surface area contributed by atoms with E-state index >= 15 is 0 Å². The summed E-state index contributed by atoms with van der Waals surface area (Å²) in [6, 6.07) is 22.6. The maximum Gasteiger partial charge on any atom is 0.321 e. The van der Waals surface area contributed by atoms with Crippen molar-refractivity contribution in [3.05, 3.63) is 94.5 Å². The van der Waals surface area contributed by atoms with Gasteiger partial charge in [0, 0.05) is 42.3 Å². The predicted octanol–water partition coefficient (Wildman–Crippen LogP) is 4.47. The lowest BCUT2D eigenvalue weighted by Gasteiger charge is -2.43. The van der Waals surface area contributed by atoms with E-state index in [4.69, 9.17) is 0 Å². The first-order chi connectivity index (χ1) is 19.8. The first kappa shape index (κ1) is 27.6. The molecule has 3 aromatic carbocycles. The molecule has 11 heteroatoms. The number of hydrogen-bond donors (Lipinski definition) is 2. The number of hydrogen-bond acceptors (Lipinski definition) is 6. The zero-order valence-electron chi connectivity index (χ0n) is 22.8. The summed E-state index contributed by atoms with van der Waals surface area (Å²) in [5.74, 6) is -0.402. The molecule has 3 aromatic rings. The van der Waals surface area contributed by atoms with Gasteiger partial charge in [-0.3, -0.25) is 19.7 Å². The summed E-state index contributed by atoms with van der Waals surface area (Å²) in [5.41, 5.74) is 2.24. The fourth-order valence-corrected chi connectivity index (χ4v) is 5.47. The van der Waals surface area contributed by atoms with E-state index in [2.05, 4.69) is 17.6 Å². The Kier molecular flexibility index (Phi) is 7.86. The van der Waals surface area contributed by atoms with Crippen LogP contribution >= 0.6 is 0 Å². The van der Waals surface area contributed by atoms with Gasteiger partial charge in [-0.1, -0.05) is 37.3 Å². The van der Waals surface area contributed by atoms with E-state index in [1.807, 2.05) is 59.5 Å². The number of benzene rings is 3. The first-order valence-corrected chi connectivity index (χ1v) is 13.6. The Labute approximate surface area is 237 Å². The van der Waals surface area contributed by atoms with Crippen LogP contribution in [0.2, 0.25) is 0 Å². The van der Waals surface area contributed by atoms with Crippen molar-refractivity contribution in [2.24, 2.45) is 0 Å². The van der Waals surface area contributed by atoms with Crippen molar-refractivity contribution in [2.45, 2.75) is 31.7 Å². The number of carbonyl (C=O) groups is 3. The second-order valence-electron chi connectivity index (χ2n) is 10.3. The number of piperidine rings is 1. The molecule has 0 unspecified atom stereocenters. The normalized spacial score (nSPS) is 16.1. The van der Waals surface area contributed by atoms with E-state index in [0.717, 1.165) is 12.1 Å². The van der Waals surface area contributed by atoms with Crippen LogP contribution < -0.4 is 15.5 Å². The van der Waals surface area contributed by atoms with E-state index < -0.39 is 10.5 Å². The van der Waals surface area contributed by atoms with Crippen LogP contribution in [0, 0.1) is 10.1 Å². The molecule has 2 fully saturated rings. The van der Waals surface area contributed by atoms with E-state index in [-0.39, 0.29) is 36.7 Å². The fourth-order valence-electron chi connectivity index (χ4n) is 5.47. The summed E-state index contributed by atoms with van der Waals surface area (Å²) in [6.07, 6.45) is 1.69. The molecule has 0 aliphatic carbocycles. The number of non-ortho nitro benzene ring substituents is 1. The van der Waals surface area contributed by atoms with Crippen molar-refractivity contribution in [1.29, 1.82) is 0 Å². The summed E-state index contributed by atoms with van der Waals surface area (Å²) in [6.45, 7) is 2.91. The van der Waals surface area contributed by atoms with Crippen LogP contribution in [0.5, 0.6) is 0 Å². The highest BCUT2D eigenvalue weighted by Crippen LogP contribution is 2.39. The average molecular weight is 557 g/mol. The van der Waals surface area contributed by atoms with Crippen molar-refractivity contribution in [2.75, 3.05) is 41.8 Å². The van der Waals surface area contributed by atoms with Gasteiger partial charge in [0.1, 0.15) is 12.1 Å². The summed E-state index contributed by atoms with van der Waals surface area (Å²) >= 11 is 0. The Hall–Kier alpha value is -4.93. The number of nitro groups is 1. The molecule has 11 nitrogen and oxygen atoms in total. The number of carbonyl (C=O) groups excluding carboxylic acids is 3. The minimum atomic E-state index is -0.880. The molecule has 1 spiro atoms. The number of nitrogens with one attached hydrogen (secondary N) is 2. The first-order valence-electron chi connectivity index (χ1n) is 13.6. The van der Waals surface area contributed by atoms with Crippen LogP contribution in [0.4, 0.5) is 27.5 Å². The van der Waals surface area contributed by atoms with Gasteiger partial charge in [0.25, 0.3) is 11.6 Å². The number of likely N-dealkylation sites (tertiary alicyclic amines) is 1. The highest BCUT2D eigenvalue weighted by molar-refractivity contribution is 5.99. The Morgan fingerprint density at radius 2 is 1.51 bits per heavy atom. The Morgan fingerprint density at radius 3 is 2.12 bits per heavy atom. The van der Waals surface area contributed by atoms with Crippen LogP contribution in [0.25, 0.3) is 0 Å². The average Bonchev–Trinajstić information content (AvgIpc) is 3.24. The van der Waals surface area contributed by atoms with Gasteiger partial charge < -0.3 is 25.3 Å². The summed E-state index contributed by atoms with van der Waals surface area (Å²) in [7, 11) is 0. The second-order valence-corrected chi connectivity index (χ2v) is 10.3. The fraction of sp³-hybridized carbons (Fsp3) is 0.300. The van der Waals surface area contributed by atoms with Crippen molar-refractivity contribution < 1.29 is 19.3 Å².